The molecule has 0 amide bonds. The van der Waals surface area contributed by atoms with Crippen molar-refractivity contribution in [2.75, 3.05) is 7.11 Å². The van der Waals surface area contributed by atoms with Crippen molar-refractivity contribution < 1.29 is 19.0 Å². The first-order valence-electron chi connectivity index (χ1n) is 5.57. The van der Waals surface area contributed by atoms with Gasteiger partial charge in [-0.3, -0.25) is 0 Å². The number of esters is 1. The number of ether oxygens (including phenoxy) is 3. The van der Waals surface area contributed by atoms with Gasteiger partial charge in [-0.15, -0.1) is 0 Å². The van der Waals surface area contributed by atoms with Crippen molar-refractivity contribution in [3.63, 3.8) is 0 Å². The lowest BCUT2D eigenvalue weighted by atomic mass is 10.00. The van der Waals surface area contributed by atoms with Gasteiger partial charge in [-0.2, -0.15) is 0 Å². The number of hydrogen-bond donors (Lipinski definition) is 0. The monoisotopic (exact) mass is 236 g/mol. The van der Waals surface area contributed by atoms with Crippen LogP contribution in [-0.2, 0) is 19.0 Å². The lowest BCUT2D eigenvalue weighted by Gasteiger charge is -2.16. The first-order chi connectivity index (χ1) is 8.13. The molecule has 4 nitrogen and oxygen atoms in total. The number of rotatable bonds is 2. The van der Waals surface area contributed by atoms with E-state index in [9.17, 15) is 4.79 Å². The van der Waals surface area contributed by atoms with Crippen LogP contribution >= 0.6 is 0 Å². The average Bonchev–Trinajstić information content (AvgIpc) is 2.71. The summed E-state index contributed by atoms with van der Waals surface area (Å²) in [5.74, 6) is -0.400. The van der Waals surface area contributed by atoms with Gasteiger partial charge in [-0.25, -0.2) is 4.79 Å². The molecule has 1 heterocycles. The van der Waals surface area contributed by atoms with Gasteiger partial charge in [0, 0.05) is 0 Å². The molecule has 17 heavy (non-hydrogen) atoms. The van der Waals surface area contributed by atoms with Crippen molar-refractivity contribution in [2.24, 2.45) is 0 Å². The molecule has 0 aliphatic carbocycles. The van der Waals surface area contributed by atoms with E-state index in [1.165, 1.54) is 7.11 Å². The zero-order chi connectivity index (χ0) is 12.4. The minimum atomic E-state index is -0.684. The van der Waals surface area contributed by atoms with Crippen molar-refractivity contribution in [2.45, 2.75) is 32.3 Å². The zero-order valence-corrected chi connectivity index (χ0v) is 10.2. The molecular formula is C13H16O4. The van der Waals surface area contributed by atoms with Gasteiger partial charge in [0.2, 0.25) is 0 Å². The maximum Gasteiger partial charge on any atom is 0.338 e. The van der Waals surface area contributed by atoms with E-state index in [0.29, 0.717) is 0 Å². The lowest BCUT2D eigenvalue weighted by molar-refractivity contribution is -0.153. The molecule has 0 bridgehead atoms. The van der Waals surface area contributed by atoms with Crippen LogP contribution in [-0.4, -0.2) is 25.5 Å². The van der Waals surface area contributed by atoms with Gasteiger partial charge in [-0.1, -0.05) is 24.3 Å². The molecule has 1 aromatic rings. The van der Waals surface area contributed by atoms with E-state index in [1.54, 1.807) is 6.92 Å². The third-order valence-electron chi connectivity index (χ3n) is 2.88. The van der Waals surface area contributed by atoms with Crippen LogP contribution < -0.4 is 0 Å². The van der Waals surface area contributed by atoms with Crippen LogP contribution in [0.5, 0.6) is 0 Å². The summed E-state index contributed by atoms with van der Waals surface area (Å²) >= 11 is 0. The Morgan fingerprint density at radius 1 is 1.29 bits per heavy atom. The minimum absolute atomic E-state index is 0.390. The van der Waals surface area contributed by atoms with Crippen LogP contribution in [0.1, 0.15) is 24.2 Å². The smallest absolute Gasteiger partial charge is 0.338 e. The summed E-state index contributed by atoms with van der Waals surface area (Å²) in [7, 11) is 1.35. The molecule has 92 valence electrons. The quantitative estimate of drug-likeness (QED) is 0.736. The van der Waals surface area contributed by atoms with E-state index in [2.05, 4.69) is 0 Å². The molecule has 1 fully saturated rings. The van der Waals surface area contributed by atoms with Crippen molar-refractivity contribution >= 4 is 5.97 Å². The van der Waals surface area contributed by atoms with E-state index in [4.69, 9.17) is 14.2 Å². The predicted octanol–water partition coefficient (Wildman–Crippen LogP) is 1.97. The molecule has 1 saturated heterocycles. The Labute approximate surface area is 100 Å². The Bertz CT molecular complexity index is 416. The van der Waals surface area contributed by atoms with Gasteiger partial charge in [0.25, 0.3) is 0 Å². The summed E-state index contributed by atoms with van der Waals surface area (Å²) in [6.45, 7) is 3.75. The van der Waals surface area contributed by atoms with Crippen LogP contribution in [0, 0.1) is 6.92 Å². The number of hydrogen-bond acceptors (Lipinski definition) is 4. The van der Waals surface area contributed by atoms with E-state index < -0.39 is 24.5 Å². The molecule has 0 N–H and O–H groups in total. The standard InChI is InChI=1S/C13H16O4/c1-8-6-4-5-7-10(8)11-12(13(14)15-3)17-9(2)16-11/h4-7,9,11-12H,1-3H3/t9?,11-,12+/m0/s1. The molecule has 1 aliphatic rings. The maximum absolute atomic E-state index is 11.6. The Morgan fingerprint density at radius 2 is 2.00 bits per heavy atom. The molecule has 1 unspecified atom stereocenters. The highest BCUT2D eigenvalue weighted by molar-refractivity contribution is 5.76. The Kier molecular flexibility index (Phi) is 3.45. The first kappa shape index (κ1) is 12.1. The third-order valence-corrected chi connectivity index (χ3v) is 2.88. The molecule has 0 saturated carbocycles. The SMILES string of the molecule is COC(=O)[C@@H]1OC(C)O[C@H]1c1ccccc1C. The summed E-state index contributed by atoms with van der Waals surface area (Å²) in [6.07, 6.45) is -1.47. The van der Waals surface area contributed by atoms with Gasteiger partial charge >= 0.3 is 5.97 Å². The molecule has 1 aromatic carbocycles. The third kappa shape index (κ3) is 2.33. The van der Waals surface area contributed by atoms with Crippen molar-refractivity contribution in [3.8, 4) is 0 Å². The summed E-state index contributed by atoms with van der Waals surface area (Å²) in [4.78, 5) is 11.6. The second-order valence-electron chi connectivity index (χ2n) is 4.06. The van der Waals surface area contributed by atoms with Crippen LogP contribution in [0.3, 0.4) is 0 Å². The molecule has 2 rings (SSSR count). The van der Waals surface area contributed by atoms with E-state index in [1.807, 2.05) is 31.2 Å². The van der Waals surface area contributed by atoms with Crippen LogP contribution in [0.2, 0.25) is 0 Å². The first-order valence-corrected chi connectivity index (χ1v) is 5.57. The summed E-state index contributed by atoms with van der Waals surface area (Å²) in [5.41, 5.74) is 2.04. The highest BCUT2D eigenvalue weighted by Gasteiger charge is 2.41. The molecular weight excluding hydrogens is 220 g/mol. The Balaban J connectivity index is 2.30. The van der Waals surface area contributed by atoms with E-state index in [0.717, 1.165) is 11.1 Å². The van der Waals surface area contributed by atoms with Gasteiger partial charge in [0.1, 0.15) is 6.10 Å². The fraction of sp³-hybridized carbons (Fsp3) is 0.462. The van der Waals surface area contributed by atoms with E-state index in [-0.39, 0.29) is 0 Å². The predicted molar refractivity (Wildman–Crippen MR) is 61.4 cm³/mol. The van der Waals surface area contributed by atoms with Gasteiger partial charge in [0.15, 0.2) is 12.4 Å². The summed E-state index contributed by atoms with van der Waals surface area (Å²) in [6, 6.07) is 7.79. The number of carbonyl (C=O) groups excluding carboxylic acids is 1. The second kappa shape index (κ2) is 4.85. The lowest BCUT2D eigenvalue weighted by Crippen LogP contribution is -2.27. The molecule has 0 aromatic heterocycles. The fourth-order valence-corrected chi connectivity index (χ4v) is 2.03. The second-order valence-corrected chi connectivity index (χ2v) is 4.06. The highest BCUT2D eigenvalue weighted by atomic mass is 16.7. The van der Waals surface area contributed by atoms with E-state index >= 15 is 0 Å². The van der Waals surface area contributed by atoms with Gasteiger partial charge in [0.05, 0.1) is 7.11 Å². The van der Waals surface area contributed by atoms with Crippen LogP contribution in [0.4, 0.5) is 0 Å². The van der Waals surface area contributed by atoms with Crippen molar-refractivity contribution in [3.05, 3.63) is 35.4 Å². The summed E-state index contributed by atoms with van der Waals surface area (Å²) in [5, 5.41) is 0. The zero-order valence-electron chi connectivity index (χ0n) is 10.2. The fourth-order valence-electron chi connectivity index (χ4n) is 2.03. The Morgan fingerprint density at radius 3 is 2.65 bits per heavy atom. The van der Waals surface area contributed by atoms with Crippen molar-refractivity contribution in [1.29, 1.82) is 0 Å². The van der Waals surface area contributed by atoms with Crippen LogP contribution in [0.15, 0.2) is 24.3 Å². The van der Waals surface area contributed by atoms with Crippen molar-refractivity contribution in [1.82, 2.24) is 0 Å². The molecule has 3 atom stereocenters. The maximum atomic E-state index is 11.6. The van der Waals surface area contributed by atoms with Gasteiger partial charge in [-0.05, 0) is 25.0 Å². The largest absolute Gasteiger partial charge is 0.467 e. The minimum Gasteiger partial charge on any atom is -0.467 e. The van der Waals surface area contributed by atoms with Crippen LogP contribution in [0.25, 0.3) is 0 Å². The highest BCUT2D eigenvalue weighted by Crippen LogP contribution is 2.34. The number of methoxy groups -OCH3 is 1. The molecule has 4 heteroatoms. The topological polar surface area (TPSA) is 44.8 Å². The Hall–Kier alpha value is -1.39. The molecule has 0 spiro atoms. The normalized spacial score (nSPS) is 28.1. The average molecular weight is 236 g/mol. The molecule has 1 aliphatic heterocycles. The van der Waals surface area contributed by atoms with Gasteiger partial charge < -0.3 is 14.2 Å². The number of carbonyl (C=O) groups is 1. The molecule has 0 radical (unpaired) electrons. The summed E-state index contributed by atoms with van der Waals surface area (Å²) < 4.78 is 15.8. The number of aryl methyl sites for hydroxylation is 1. The number of benzene rings is 1.